The van der Waals surface area contributed by atoms with Gasteiger partial charge < -0.3 is 9.64 Å². The Morgan fingerprint density at radius 2 is 1.78 bits per heavy atom. The van der Waals surface area contributed by atoms with Gasteiger partial charge in [0.15, 0.2) is 5.76 Å². The van der Waals surface area contributed by atoms with E-state index in [1.54, 1.807) is 6.08 Å². The Labute approximate surface area is 141 Å². The number of rotatable bonds is 2. The van der Waals surface area contributed by atoms with Crippen LogP contribution in [-0.2, 0) is 0 Å². The number of carbonyl (C=O) groups excluding carboxylic acids is 1. The summed E-state index contributed by atoms with van der Waals surface area (Å²) >= 11 is 6.25. The normalized spacial score (nSPS) is 14.8. The van der Waals surface area contributed by atoms with Crippen molar-refractivity contribution >= 4 is 29.1 Å². The quantitative estimate of drug-likeness (QED) is 0.753. The van der Waals surface area contributed by atoms with Crippen molar-refractivity contribution in [3.63, 3.8) is 0 Å². The number of benzene rings is 2. The number of halogens is 1. The molecule has 0 spiro atoms. The highest BCUT2D eigenvalue weighted by molar-refractivity contribution is 6.33. The Bertz CT molecular complexity index is 820. The molecule has 0 N–H and O–H groups in total. The van der Waals surface area contributed by atoms with E-state index in [9.17, 15) is 4.79 Å². The zero-order valence-electron chi connectivity index (χ0n) is 13.6. The Balaban J connectivity index is 1.97. The molecule has 0 aromatic heterocycles. The maximum absolute atomic E-state index is 12.6. The number of nitrogens with zero attached hydrogens (tertiary/aromatic N) is 1. The minimum Gasteiger partial charge on any atom is -0.452 e. The first-order valence-electron chi connectivity index (χ1n) is 7.40. The number of fused-ring (bicyclic) bond motifs is 1. The summed E-state index contributed by atoms with van der Waals surface area (Å²) in [7, 11) is 3.98. The van der Waals surface area contributed by atoms with Gasteiger partial charge in [0.1, 0.15) is 5.75 Å². The van der Waals surface area contributed by atoms with Crippen molar-refractivity contribution < 1.29 is 9.53 Å². The molecule has 0 unspecified atom stereocenters. The van der Waals surface area contributed by atoms with Crippen molar-refractivity contribution in [3.05, 3.63) is 63.4 Å². The monoisotopic (exact) mass is 327 g/mol. The van der Waals surface area contributed by atoms with Gasteiger partial charge in [0.05, 0.1) is 5.56 Å². The smallest absolute Gasteiger partial charge is 0.232 e. The number of anilines is 1. The van der Waals surface area contributed by atoms with Crippen molar-refractivity contribution in [3.8, 4) is 5.75 Å². The van der Waals surface area contributed by atoms with Crippen molar-refractivity contribution in [2.75, 3.05) is 19.0 Å². The Kier molecular flexibility index (Phi) is 3.90. The zero-order chi connectivity index (χ0) is 16.7. The van der Waals surface area contributed by atoms with Gasteiger partial charge in [-0.05, 0) is 54.8 Å². The van der Waals surface area contributed by atoms with Gasteiger partial charge in [-0.2, -0.15) is 0 Å². The van der Waals surface area contributed by atoms with Gasteiger partial charge in [0.2, 0.25) is 5.78 Å². The maximum Gasteiger partial charge on any atom is 0.232 e. The van der Waals surface area contributed by atoms with Crippen LogP contribution in [0.5, 0.6) is 5.75 Å². The number of hydrogen-bond acceptors (Lipinski definition) is 3. The summed E-state index contributed by atoms with van der Waals surface area (Å²) in [4.78, 5) is 14.6. The first-order valence-corrected chi connectivity index (χ1v) is 7.77. The van der Waals surface area contributed by atoms with Crippen molar-refractivity contribution in [1.82, 2.24) is 0 Å². The number of aryl methyl sites for hydroxylation is 1. The van der Waals surface area contributed by atoms with Gasteiger partial charge in [-0.1, -0.05) is 23.7 Å². The average Bonchev–Trinajstić information content (AvgIpc) is 2.81. The van der Waals surface area contributed by atoms with Gasteiger partial charge in [0.25, 0.3) is 0 Å². The largest absolute Gasteiger partial charge is 0.452 e. The first kappa shape index (κ1) is 15.6. The SMILES string of the molecule is Cc1cc2c(c(C)c1Cl)C(=O)/C(=C/c1ccc(N(C)C)cc1)O2. The van der Waals surface area contributed by atoms with Crippen molar-refractivity contribution in [2.24, 2.45) is 0 Å². The molecule has 0 saturated carbocycles. The molecule has 3 rings (SSSR count). The lowest BCUT2D eigenvalue weighted by atomic mass is 10.0. The second kappa shape index (κ2) is 5.74. The molecule has 0 atom stereocenters. The van der Waals surface area contributed by atoms with Gasteiger partial charge in [-0.25, -0.2) is 0 Å². The molecule has 1 aliphatic rings. The number of ether oxygens (including phenoxy) is 1. The molecule has 3 nitrogen and oxygen atoms in total. The van der Waals surface area contributed by atoms with Crippen LogP contribution in [0.25, 0.3) is 6.08 Å². The van der Waals surface area contributed by atoms with Crippen LogP contribution in [-0.4, -0.2) is 19.9 Å². The molecule has 2 aromatic carbocycles. The molecule has 0 bridgehead atoms. The summed E-state index contributed by atoms with van der Waals surface area (Å²) in [5, 5.41) is 0.622. The summed E-state index contributed by atoms with van der Waals surface area (Å²) in [6.45, 7) is 3.76. The Morgan fingerprint density at radius 3 is 2.39 bits per heavy atom. The van der Waals surface area contributed by atoms with E-state index in [1.165, 1.54) is 0 Å². The number of carbonyl (C=O) groups is 1. The van der Waals surface area contributed by atoms with Crippen molar-refractivity contribution in [2.45, 2.75) is 13.8 Å². The number of allylic oxidation sites excluding steroid dienone is 1. The van der Waals surface area contributed by atoms with E-state index in [0.717, 1.165) is 22.4 Å². The van der Waals surface area contributed by atoms with E-state index in [4.69, 9.17) is 16.3 Å². The molecule has 23 heavy (non-hydrogen) atoms. The van der Waals surface area contributed by atoms with Crippen LogP contribution in [0.15, 0.2) is 36.1 Å². The van der Waals surface area contributed by atoms with Gasteiger partial charge in [0, 0.05) is 24.8 Å². The average molecular weight is 328 g/mol. The van der Waals surface area contributed by atoms with Gasteiger partial charge >= 0.3 is 0 Å². The van der Waals surface area contributed by atoms with Crippen LogP contribution in [0.4, 0.5) is 5.69 Å². The van der Waals surface area contributed by atoms with E-state index in [0.29, 0.717) is 22.1 Å². The summed E-state index contributed by atoms with van der Waals surface area (Å²) in [5.41, 5.74) is 4.28. The minimum absolute atomic E-state index is 0.115. The standard InChI is InChI=1S/C19H18ClNO2/c1-11-9-15-17(12(2)18(11)20)19(22)16(23-15)10-13-5-7-14(8-6-13)21(3)4/h5-10H,1-4H3/b16-10-. The molecule has 1 heterocycles. The van der Waals surface area contributed by atoms with Crippen LogP contribution in [0.3, 0.4) is 0 Å². The van der Waals surface area contributed by atoms with Crippen LogP contribution < -0.4 is 9.64 Å². The molecule has 1 aliphatic heterocycles. The fourth-order valence-electron chi connectivity index (χ4n) is 2.69. The van der Waals surface area contributed by atoms with Crippen LogP contribution in [0, 0.1) is 13.8 Å². The minimum atomic E-state index is -0.115. The lowest BCUT2D eigenvalue weighted by molar-refractivity contribution is 0.101. The highest BCUT2D eigenvalue weighted by Gasteiger charge is 2.30. The zero-order valence-corrected chi connectivity index (χ0v) is 14.4. The number of ketones is 1. The van der Waals surface area contributed by atoms with E-state index in [1.807, 2.05) is 63.2 Å². The summed E-state index contributed by atoms with van der Waals surface area (Å²) in [6, 6.07) is 9.76. The fraction of sp³-hybridized carbons (Fsp3) is 0.211. The van der Waals surface area contributed by atoms with E-state index < -0.39 is 0 Å². The number of Topliss-reactive ketones (excluding diaryl/α,β-unsaturated/α-hetero) is 1. The third kappa shape index (κ3) is 2.73. The molecule has 0 amide bonds. The Hall–Kier alpha value is -2.26. The molecule has 118 valence electrons. The maximum atomic E-state index is 12.6. The van der Waals surface area contributed by atoms with Crippen LogP contribution in [0.2, 0.25) is 5.02 Å². The molecule has 4 heteroatoms. The molecular formula is C19H18ClNO2. The summed E-state index contributed by atoms with van der Waals surface area (Å²) in [6.07, 6.45) is 1.77. The molecule has 0 aliphatic carbocycles. The molecule has 0 fully saturated rings. The lowest BCUT2D eigenvalue weighted by Crippen LogP contribution is -2.08. The molecule has 2 aromatic rings. The fourth-order valence-corrected chi connectivity index (χ4v) is 2.84. The molecular weight excluding hydrogens is 310 g/mol. The Morgan fingerprint density at radius 1 is 1.13 bits per heavy atom. The van der Waals surface area contributed by atoms with E-state index in [2.05, 4.69) is 0 Å². The van der Waals surface area contributed by atoms with Gasteiger partial charge in [-0.3, -0.25) is 4.79 Å². The third-order valence-electron chi connectivity index (χ3n) is 4.02. The molecule has 0 saturated heterocycles. The molecule has 0 radical (unpaired) electrons. The van der Waals surface area contributed by atoms with Crippen LogP contribution >= 0.6 is 11.6 Å². The highest BCUT2D eigenvalue weighted by atomic mass is 35.5. The van der Waals surface area contributed by atoms with Gasteiger partial charge in [-0.15, -0.1) is 0 Å². The highest BCUT2D eigenvalue weighted by Crippen LogP contribution is 2.39. The van der Waals surface area contributed by atoms with Crippen molar-refractivity contribution in [1.29, 1.82) is 0 Å². The second-order valence-corrected chi connectivity index (χ2v) is 6.31. The second-order valence-electron chi connectivity index (χ2n) is 5.93. The third-order valence-corrected chi connectivity index (χ3v) is 4.60. The van der Waals surface area contributed by atoms with Crippen LogP contribution in [0.1, 0.15) is 27.0 Å². The predicted octanol–water partition coefficient (Wildman–Crippen LogP) is 4.64. The van der Waals surface area contributed by atoms with E-state index >= 15 is 0 Å². The lowest BCUT2D eigenvalue weighted by Gasteiger charge is -2.11. The first-order chi connectivity index (χ1) is 10.9. The summed E-state index contributed by atoms with van der Waals surface area (Å²) < 4.78 is 5.76. The topological polar surface area (TPSA) is 29.5 Å². The van der Waals surface area contributed by atoms with E-state index in [-0.39, 0.29) is 5.78 Å². The number of hydrogen-bond donors (Lipinski definition) is 0. The summed E-state index contributed by atoms with van der Waals surface area (Å²) in [5.74, 6) is 0.809. The predicted molar refractivity (Wildman–Crippen MR) is 94.6 cm³/mol.